The zero-order valence-corrected chi connectivity index (χ0v) is 12.5. The fourth-order valence-electron chi connectivity index (χ4n) is 1.92. The first kappa shape index (κ1) is 14.5. The van der Waals surface area contributed by atoms with Gasteiger partial charge in [0.25, 0.3) is 5.91 Å². The molecule has 0 bridgehead atoms. The predicted octanol–water partition coefficient (Wildman–Crippen LogP) is 2.94. The Bertz CT molecular complexity index is 554. The van der Waals surface area contributed by atoms with Gasteiger partial charge in [-0.2, -0.15) is 0 Å². The van der Waals surface area contributed by atoms with Gasteiger partial charge in [-0.25, -0.2) is 4.98 Å². The van der Waals surface area contributed by atoms with Crippen molar-refractivity contribution in [2.24, 2.45) is 0 Å². The molecule has 0 saturated heterocycles. The van der Waals surface area contributed by atoms with Gasteiger partial charge >= 0.3 is 0 Å². The number of aromatic nitrogens is 1. The third kappa shape index (κ3) is 4.06. The number of anilines is 1. The van der Waals surface area contributed by atoms with E-state index in [1.165, 1.54) is 4.88 Å². The largest absolute Gasteiger partial charge is 0.370 e. The third-order valence-corrected chi connectivity index (χ3v) is 3.70. The molecule has 0 fully saturated rings. The van der Waals surface area contributed by atoms with Crippen LogP contribution in [0, 0.1) is 0 Å². The normalized spacial score (nSPS) is 11.9. The maximum Gasteiger partial charge on any atom is 0.270 e. The molecule has 0 spiro atoms. The van der Waals surface area contributed by atoms with E-state index in [4.69, 9.17) is 0 Å². The standard InChI is InChI=1S/C15H19N3OS/c1-3-16-14-8-4-7-13(18-14)15(19)17-11(2)10-12-6-5-9-20-12/h4-9,11H,3,10H2,1-2H3,(H,16,18)(H,17,19). The van der Waals surface area contributed by atoms with Gasteiger partial charge in [-0.1, -0.05) is 12.1 Å². The van der Waals surface area contributed by atoms with Crippen LogP contribution in [0.25, 0.3) is 0 Å². The highest BCUT2D eigenvalue weighted by Gasteiger charge is 2.12. The fourth-order valence-corrected chi connectivity index (χ4v) is 2.76. The molecule has 1 amide bonds. The van der Waals surface area contributed by atoms with Gasteiger partial charge in [0.1, 0.15) is 11.5 Å². The number of nitrogens with one attached hydrogen (secondary N) is 2. The Morgan fingerprint density at radius 2 is 2.20 bits per heavy atom. The number of carbonyl (C=O) groups excluding carboxylic acids is 1. The van der Waals surface area contributed by atoms with Crippen molar-refractivity contribution in [1.82, 2.24) is 10.3 Å². The highest BCUT2D eigenvalue weighted by molar-refractivity contribution is 7.09. The second kappa shape index (κ2) is 7.05. The maximum atomic E-state index is 12.1. The minimum absolute atomic E-state index is 0.0886. The van der Waals surface area contributed by atoms with Gasteiger partial charge in [0.2, 0.25) is 0 Å². The molecule has 2 rings (SSSR count). The van der Waals surface area contributed by atoms with Crippen molar-refractivity contribution < 1.29 is 4.79 Å². The number of carbonyl (C=O) groups is 1. The van der Waals surface area contributed by atoms with Crippen molar-refractivity contribution in [1.29, 1.82) is 0 Å². The molecule has 0 aromatic carbocycles. The van der Waals surface area contributed by atoms with Crippen LogP contribution in [0.5, 0.6) is 0 Å². The maximum absolute atomic E-state index is 12.1. The molecule has 2 heterocycles. The van der Waals surface area contributed by atoms with E-state index < -0.39 is 0 Å². The summed E-state index contributed by atoms with van der Waals surface area (Å²) in [5.41, 5.74) is 0.446. The summed E-state index contributed by atoms with van der Waals surface area (Å²) in [5, 5.41) is 8.13. The lowest BCUT2D eigenvalue weighted by molar-refractivity contribution is 0.0935. The van der Waals surface area contributed by atoms with E-state index in [0.29, 0.717) is 5.69 Å². The van der Waals surface area contributed by atoms with Gasteiger partial charge in [0, 0.05) is 23.9 Å². The Morgan fingerprint density at radius 3 is 2.90 bits per heavy atom. The monoisotopic (exact) mass is 289 g/mol. The number of hydrogen-bond donors (Lipinski definition) is 2. The molecule has 0 aliphatic rings. The van der Waals surface area contributed by atoms with Crippen molar-refractivity contribution in [2.75, 3.05) is 11.9 Å². The first-order chi connectivity index (χ1) is 9.69. The van der Waals surface area contributed by atoms with Gasteiger partial charge in [-0.05, 0) is 37.4 Å². The van der Waals surface area contributed by atoms with Crippen LogP contribution in [0.2, 0.25) is 0 Å². The molecule has 1 atom stereocenters. The fraction of sp³-hybridized carbons (Fsp3) is 0.333. The van der Waals surface area contributed by atoms with Gasteiger partial charge < -0.3 is 10.6 Å². The molecule has 2 N–H and O–H groups in total. The molecular weight excluding hydrogens is 270 g/mol. The van der Waals surface area contributed by atoms with Crippen LogP contribution in [0.1, 0.15) is 29.2 Å². The number of thiophene rings is 1. The average Bonchev–Trinajstić information content (AvgIpc) is 2.92. The van der Waals surface area contributed by atoms with Crippen LogP contribution in [-0.4, -0.2) is 23.5 Å². The quantitative estimate of drug-likeness (QED) is 0.859. The average molecular weight is 289 g/mol. The smallest absolute Gasteiger partial charge is 0.270 e. The topological polar surface area (TPSA) is 54.0 Å². The Hall–Kier alpha value is -1.88. The third-order valence-electron chi connectivity index (χ3n) is 2.80. The van der Waals surface area contributed by atoms with E-state index in [2.05, 4.69) is 21.7 Å². The second-order valence-corrected chi connectivity index (χ2v) is 5.63. The molecule has 0 saturated carbocycles. The lowest BCUT2D eigenvalue weighted by Gasteiger charge is -2.13. The van der Waals surface area contributed by atoms with Crippen LogP contribution >= 0.6 is 11.3 Å². The Labute approximate surface area is 123 Å². The van der Waals surface area contributed by atoms with Crippen LogP contribution in [0.15, 0.2) is 35.7 Å². The van der Waals surface area contributed by atoms with E-state index in [9.17, 15) is 4.79 Å². The summed E-state index contributed by atoms with van der Waals surface area (Å²) in [4.78, 5) is 17.7. The lowest BCUT2D eigenvalue weighted by atomic mass is 10.2. The molecule has 2 aromatic heterocycles. The van der Waals surface area contributed by atoms with Crippen molar-refractivity contribution in [2.45, 2.75) is 26.3 Å². The van der Waals surface area contributed by atoms with E-state index in [0.717, 1.165) is 18.8 Å². The molecule has 4 nitrogen and oxygen atoms in total. The predicted molar refractivity (Wildman–Crippen MR) is 83.4 cm³/mol. The zero-order valence-electron chi connectivity index (χ0n) is 11.7. The molecule has 0 radical (unpaired) electrons. The van der Waals surface area contributed by atoms with Crippen LogP contribution in [0.3, 0.4) is 0 Å². The highest BCUT2D eigenvalue weighted by atomic mass is 32.1. The molecule has 0 aliphatic heterocycles. The Morgan fingerprint density at radius 1 is 1.35 bits per heavy atom. The summed E-state index contributed by atoms with van der Waals surface area (Å²) >= 11 is 1.71. The van der Waals surface area contributed by atoms with Crippen molar-refractivity contribution in [3.05, 3.63) is 46.3 Å². The van der Waals surface area contributed by atoms with Crippen LogP contribution < -0.4 is 10.6 Å². The number of hydrogen-bond acceptors (Lipinski definition) is 4. The molecule has 5 heteroatoms. The number of amides is 1. The van der Waals surface area contributed by atoms with E-state index in [-0.39, 0.29) is 11.9 Å². The Balaban J connectivity index is 1.95. The van der Waals surface area contributed by atoms with Gasteiger partial charge in [0.05, 0.1) is 0 Å². The summed E-state index contributed by atoms with van der Waals surface area (Å²) in [6.07, 6.45) is 0.844. The summed E-state index contributed by atoms with van der Waals surface area (Å²) in [6.45, 7) is 4.79. The lowest BCUT2D eigenvalue weighted by Crippen LogP contribution is -2.34. The first-order valence-electron chi connectivity index (χ1n) is 6.73. The number of pyridine rings is 1. The SMILES string of the molecule is CCNc1cccc(C(=O)NC(C)Cc2cccs2)n1. The highest BCUT2D eigenvalue weighted by Crippen LogP contribution is 2.11. The molecule has 1 unspecified atom stereocenters. The van der Waals surface area contributed by atoms with Crippen LogP contribution in [0.4, 0.5) is 5.82 Å². The van der Waals surface area contributed by atoms with Crippen molar-refractivity contribution in [3.8, 4) is 0 Å². The summed E-state index contributed by atoms with van der Waals surface area (Å²) in [6, 6.07) is 9.62. The number of nitrogens with zero attached hydrogens (tertiary/aromatic N) is 1. The minimum atomic E-state index is -0.131. The molecule has 2 aromatic rings. The van der Waals surface area contributed by atoms with E-state index in [1.807, 2.05) is 37.4 Å². The zero-order chi connectivity index (χ0) is 14.4. The molecule has 0 aliphatic carbocycles. The van der Waals surface area contributed by atoms with Crippen LogP contribution in [-0.2, 0) is 6.42 Å². The first-order valence-corrected chi connectivity index (χ1v) is 7.61. The van der Waals surface area contributed by atoms with Gasteiger partial charge in [0.15, 0.2) is 0 Å². The van der Waals surface area contributed by atoms with E-state index >= 15 is 0 Å². The summed E-state index contributed by atoms with van der Waals surface area (Å²) < 4.78 is 0. The second-order valence-electron chi connectivity index (χ2n) is 4.60. The summed E-state index contributed by atoms with van der Waals surface area (Å²) in [5.74, 6) is 0.597. The number of rotatable bonds is 6. The molecule has 20 heavy (non-hydrogen) atoms. The van der Waals surface area contributed by atoms with Crippen molar-refractivity contribution >= 4 is 23.1 Å². The minimum Gasteiger partial charge on any atom is -0.370 e. The molecule has 106 valence electrons. The van der Waals surface area contributed by atoms with Gasteiger partial charge in [-0.3, -0.25) is 4.79 Å². The van der Waals surface area contributed by atoms with E-state index in [1.54, 1.807) is 17.4 Å². The Kier molecular flexibility index (Phi) is 5.12. The van der Waals surface area contributed by atoms with Crippen molar-refractivity contribution in [3.63, 3.8) is 0 Å². The molecular formula is C15H19N3OS. The summed E-state index contributed by atoms with van der Waals surface area (Å²) in [7, 11) is 0. The van der Waals surface area contributed by atoms with Gasteiger partial charge in [-0.15, -0.1) is 11.3 Å².